The van der Waals surface area contributed by atoms with Gasteiger partial charge in [-0.05, 0) is 86.7 Å². The Balaban J connectivity index is 1.29. The fourth-order valence-corrected chi connectivity index (χ4v) is 6.24. The third-order valence-corrected chi connectivity index (χ3v) is 7.58. The van der Waals surface area contributed by atoms with Crippen molar-refractivity contribution in [3.63, 3.8) is 0 Å². The molecule has 0 radical (unpaired) electrons. The lowest BCUT2D eigenvalue weighted by Gasteiger charge is -2.41. The van der Waals surface area contributed by atoms with Gasteiger partial charge in [0, 0.05) is 30.7 Å². The van der Waals surface area contributed by atoms with E-state index in [0.717, 1.165) is 37.3 Å². The molecule has 2 heterocycles. The molecule has 3 atom stereocenters. The minimum atomic E-state index is -0.0716. The number of halogens is 1. The molecule has 4 aliphatic rings. The van der Waals surface area contributed by atoms with Crippen LogP contribution in [0.4, 0.5) is 10.1 Å². The zero-order valence-electron chi connectivity index (χ0n) is 16.0. The Kier molecular flexibility index (Phi) is 4.11. The van der Waals surface area contributed by atoms with Crippen molar-refractivity contribution in [1.82, 2.24) is 4.90 Å². The van der Waals surface area contributed by atoms with E-state index in [-0.39, 0.29) is 11.2 Å². The maximum Gasteiger partial charge on any atom is 0.123 e. The van der Waals surface area contributed by atoms with Crippen LogP contribution in [0.2, 0.25) is 0 Å². The number of likely N-dealkylation sites (tertiary alicyclic amines) is 1. The summed E-state index contributed by atoms with van der Waals surface area (Å²) < 4.78 is 14.0. The number of fused-ring (bicyclic) bond motifs is 4. The number of nitrogens with zero attached hydrogens (tertiary/aromatic N) is 2. The van der Waals surface area contributed by atoms with Gasteiger partial charge in [0.2, 0.25) is 0 Å². The average molecular weight is 355 g/mol. The van der Waals surface area contributed by atoms with Gasteiger partial charge in [-0.2, -0.15) is 0 Å². The number of hydrogen-bond donors (Lipinski definition) is 0. The number of rotatable bonds is 4. The van der Waals surface area contributed by atoms with Crippen LogP contribution in [-0.2, 0) is 5.41 Å². The van der Waals surface area contributed by atoms with Crippen LogP contribution in [0.5, 0.6) is 0 Å². The number of allylic oxidation sites excluding steroid dienone is 2. The van der Waals surface area contributed by atoms with Gasteiger partial charge in [0.15, 0.2) is 0 Å². The average Bonchev–Trinajstić information content (AvgIpc) is 3.32. The fourth-order valence-electron chi connectivity index (χ4n) is 6.24. The highest BCUT2D eigenvalue weighted by molar-refractivity contribution is 5.63. The molecule has 1 aromatic rings. The maximum absolute atomic E-state index is 14.0. The van der Waals surface area contributed by atoms with E-state index < -0.39 is 0 Å². The highest BCUT2D eigenvalue weighted by Crippen LogP contribution is 2.48. The minimum absolute atomic E-state index is 0.0716. The molecule has 1 aromatic carbocycles. The Bertz CT molecular complexity index is 704. The first-order valence-electron chi connectivity index (χ1n) is 10.6. The van der Waals surface area contributed by atoms with Crippen LogP contribution in [0.25, 0.3) is 0 Å². The van der Waals surface area contributed by atoms with Gasteiger partial charge in [-0.25, -0.2) is 4.39 Å². The third kappa shape index (κ3) is 2.70. The number of anilines is 1. The normalized spacial score (nSPS) is 31.9. The molecule has 0 amide bonds. The van der Waals surface area contributed by atoms with Gasteiger partial charge in [-0.3, -0.25) is 0 Å². The summed E-state index contributed by atoms with van der Waals surface area (Å²) in [5, 5.41) is 0. The fraction of sp³-hybridized carbons (Fsp3) is 0.652. The summed E-state index contributed by atoms with van der Waals surface area (Å²) in [5.74, 6) is 2.52. The molecule has 5 rings (SSSR count). The second-order valence-corrected chi connectivity index (χ2v) is 9.20. The predicted molar refractivity (Wildman–Crippen MR) is 105 cm³/mol. The molecule has 1 saturated heterocycles. The highest BCUT2D eigenvalue weighted by Gasteiger charge is 2.45. The van der Waals surface area contributed by atoms with E-state index in [9.17, 15) is 4.39 Å². The highest BCUT2D eigenvalue weighted by atomic mass is 19.1. The molecule has 2 fully saturated rings. The first-order valence-corrected chi connectivity index (χ1v) is 10.6. The predicted octanol–water partition coefficient (Wildman–Crippen LogP) is 4.60. The van der Waals surface area contributed by atoms with Gasteiger partial charge in [0.05, 0.1) is 0 Å². The summed E-state index contributed by atoms with van der Waals surface area (Å²) in [6, 6.07) is 5.49. The molecule has 1 saturated carbocycles. The number of hydrogen-bond acceptors (Lipinski definition) is 2. The standard InChI is InChI=1S/C23H31FN2/c1-2-9-26-16-23(21-14-20(24)5-6-22(21)26)7-10-25(11-8-23)15-19-13-17-3-4-18(19)12-17/h3-6,14,17-19H,2,7-13,15-16H2,1H3/t17-,18-,19-/m0/s1. The van der Waals surface area contributed by atoms with E-state index in [1.54, 1.807) is 6.07 Å². The topological polar surface area (TPSA) is 6.48 Å². The quantitative estimate of drug-likeness (QED) is 0.729. The molecular weight excluding hydrogens is 323 g/mol. The lowest BCUT2D eigenvalue weighted by atomic mass is 9.74. The van der Waals surface area contributed by atoms with Gasteiger partial charge in [0.1, 0.15) is 5.82 Å². The second-order valence-electron chi connectivity index (χ2n) is 9.20. The lowest BCUT2D eigenvalue weighted by molar-refractivity contribution is 0.138. The largest absolute Gasteiger partial charge is 0.370 e. The maximum atomic E-state index is 14.0. The van der Waals surface area contributed by atoms with Crippen LogP contribution in [0, 0.1) is 23.6 Å². The van der Waals surface area contributed by atoms with E-state index >= 15 is 0 Å². The van der Waals surface area contributed by atoms with Crippen molar-refractivity contribution in [3.8, 4) is 0 Å². The van der Waals surface area contributed by atoms with E-state index in [4.69, 9.17) is 0 Å². The Morgan fingerprint density at radius 1 is 1.15 bits per heavy atom. The Morgan fingerprint density at radius 3 is 2.69 bits per heavy atom. The van der Waals surface area contributed by atoms with Crippen molar-refractivity contribution in [1.29, 1.82) is 0 Å². The van der Waals surface area contributed by atoms with Gasteiger partial charge >= 0.3 is 0 Å². The molecule has 0 unspecified atom stereocenters. The monoisotopic (exact) mass is 354 g/mol. The Labute approximate surface area is 157 Å². The van der Waals surface area contributed by atoms with Crippen molar-refractivity contribution >= 4 is 5.69 Å². The molecule has 26 heavy (non-hydrogen) atoms. The SMILES string of the molecule is CCCN1CC2(CCN(C[C@@H]3C[C@H]4C=C[C@H]3C4)CC2)c2cc(F)ccc21. The van der Waals surface area contributed by atoms with Crippen molar-refractivity contribution in [2.75, 3.05) is 37.6 Å². The van der Waals surface area contributed by atoms with Crippen molar-refractivity contribution in [3.05, 3.63) is 41.7 Å². The first kappa shape index (κ1) is 16.8. The molecular formula is C23H31FN2. The second kappa shape index (κ2) is 6.37. The van der Waals surface area contributed by atoms with Crippen LogP contribution < -0.4 is 4.90 Å². The number of benzene rings is 1. The van der Waals surface area contributed by atoms with Crippen LogP contribution >= 0.6 is 0 Å². The summed E-state index contributed by atoms with van der Waals surface area (Å²) in [4.78, 5) is 5.21. The van der Waals surface area contributed by atoms with E-state index in [0.29, 0.717) is 0 Å². The molecule has 0 N–H and O–H groups in total. The Morgan fingerprint density at radius 2 is 2.00 bits per heavy atom. The molecule has 3 heteroatoms. The van der Waals surface area contributed by atoms with Crippen molar-refractivity contribution in [2.45, 2.75) is 44.4 Å². The molecule has 2 aliphatic heterocycles. The summed E-state index contributed by atoms with van der Waals surface area (Å²) >= 11 is 0. The van der Waals surface area contributed by atoms with Gasteiger partial charge < -0.3 is 9.80 Å². The zero-order chi connectivity index (χ0) is 17.7. The summed E-state index contributed by atoms with van der Waals surface area (Å²) in [6.07, 6.45) is 11.2. The molecule has 2 bridgehead atoms. The van der Waals surface area contributed by atoms with Crippen molar-refractivity contribution in [2.24, 2.45) is 17.8 Å². The minimum Gasteiger partial charge on any atom is -0.370 e. The van der Waals surface area contributed by atoms with Crippen LogP contribution in [0.3, 0.4) is 0 Å². The van der Waals surface area contributed by atoms with Gasteiger partial charge in [0.25, 0.3) is 0 Å². The summed E-state index contributed by atoms with van der Waals surface area (Å²) in [5.41, 5.74) is 2.76. The molecule has 2 aliphatic carbocycles. The smallest absolute Gasteiger partial charge is 0.123 e. The van der Waals surface area contributed by atoms with Gasteiger partial charge in [-0.1, -0.05) is 19.1 Å². The zero-order valence-corrected chi connectivity index (χ0v) is 16.0. The van der Waals surface area contributed by atoms with E-state index in [2.05, 4.69) is 28.9 Å². The van der Waals surface area contributed by atoms with Crippen molar-refractivity contribution < 1.29 is 4.39 Å². The van der Waals surface area contributed by atoms with E-state index in [1.807, 2.05) is 12.1 Å². The third-order valence-electron chi connectivity index (χ3n) is 7.58. The first-order chi connectivity index (χ1) is 12.7. The molecule has 1 spiro atoms. The number of piperidine rings is 1. The van der Waals surface area contributed by atoms with Crippen LogP contribution in [0.1, 0.15) is 44.6 Å². The molecule has 0 aromatic heterocycles. The summed E-state index contributed by atoms with van der Waals surface area (Å²) in [7, 11) is 0. The van der Waals surface area contributed by atoms with Crippen LogP contribution in [-0.4, -0.2) is 37.6 Å². The van der Waals surface area contributed by atoms with Crippen LogP contribution in [0.15, 0.2) is 30.4 Å². The Hall–Kier alpha value is -1.35. The van der Waals surface area contributed by atoms with Gasteiger partial charge in [-0.15, -0.1) is 0 Å². The molecule has 2 nitrogen and oxygen atoms in total. The summed E-state index contributed by atoms with van der Waals surface area (Å²) in [6.45, 7) is 8.03. The molecule has 140 valence electrons. The van der Waals surface area contributed by atoms with E-state index in [1.165, 1.54) is 56.6 Å². The lowest BCUT2D eigenvalue weighted by Crippen LogP contribution is -2.46.